The highest BCUT2D eigenvalue weighted by atomic mass is 79.9. The van der Waals surface area contributed by atoms with Crippen molar-refractivity contribution in [2.45, 2.75) is 25.8 Å². The molecular weight excluding hydrogens is 400 g/mol. The summed E-state index contributed by atoms with van der Waals surface area (Å²) in [5, 5.41) is 7.52. The number of aromatic amines is 1. The fourth-order valence-electron chi connectivity index (χ4n) is 3.34. The van der Waals surface area contributed by atoms with E-state index < -0.39 is 0 Å². The van der Waals surface area contributed by atoms with Crippen LogP contribution in [0.15, 0.2) is 27.5 Å². The van der Waals surface area contributed by atoms with E-state index >= 15 is 0 Å². The number of piperidine rings is 1. The Morgan fingerprint density at radius 3 is 3.12 bits per heavy atom. The van der Waals surface area contributed by atoms with Crippen LogP contribution in [0.3, 0.4) is 0 Å². The van der Waals surface area contributed by atoms with Crippen LogP contribution < -0.4 is 16.0 Å². The molecule has 1 aliphatic rings. The number of aryl methyl sites for hydroxylation is 1. The normalized spacial score (nSPS) is 17.7. The zero-order chi connectivity index (χ0) is 18.3. The molecule has 0 aliphatic carbocycles. The molecule has 1 atom stereocenters. The van der Waals surface area contributed by atoms with Crippen molar-refractivity contribution in [3.63, 3.8) is 0 Å². The van der Waals surface area contributed by atoms with Gasteiger partial charge in [0.2, 0.25) is 0 Å². The van der Waals surface area contributed by atoms with Crippen LogP contribution in [0.1, 0.15) is 29.1 Å². The smallest absolute Gasteiger partial charge is 0.277 e. The predicted octanol–water partition coefficient (Wildman–Crippen LogP) is 2.80. The van der Waals surface area contributed by atoms with Gasteiger partial charge < -0.3 is 25.5 Å². The van der Waals surface area contributed by atoms with E-state index in [4.69, 9.17) is 10.3 Å². The van der Waals surface area contributed by atoms with Crippen LogP contribution >= 0.6 is 15.9 Å². The maximum Gasteiger partial charge on any atom is 0.277 e. The molecule has 1 saturated heterocycles. The topological polar surface area (TPSA) is 113 Å². The van der Waals surface area contributed by atoms with Crippen LogP contribution in [0.25, 0.3) is 11.0 Å². The molecule has 1 amide bonds. The quantitative estimate of drug-likeness (QED) is 0.602. The Labute approximate surface area is 158 Å². The minimum atomic E-state index is -0.330. The minimum Gasteiger partial charge on any atom is -0.368 e. The summed E-state index contributed by atoms with van der Waals surface area (Å²) in [7, 11) is 0. The highest BCUT2D eigenvalue weighted by Gasteiger charge is 2.24. The van der Waals surface area contributed by atoms with Crippen LogP contribution in [0.5, 0.6) is 0 Å². The number of H-pyrrole nitrogens is 1. The van der Waals surface area contributed by atoms with Crippen molar-refractivity contribution in [2.24, 2.45) is 5.73 Å². The molecule has 4 N–H and O–H groups in total. The summed E-state index contributed by atoms with van der Waals surface area (Å²) in [5.74, 6) is 0.255. The number of carbonyl (C=O) groups is 1. The van der Waals surface area contributed by atoms with Crippen molar-refractivity contribution in [1.82, 2.24) is 15.1 Å². The lowest BCUT2D eigenvalue weighted by molar-refractivity contribution is 0.101. The van der Waals surface area contributed by atoms with Gasteiger partial charge in [-0.3, -0.25) is 4.79 Å². The number of fused-ring (bicyclic) bond motifs is 1. The highest BCUT2D eigenvalue weighted by Crippen LogP contribution is 2.38. The summed E-state index contributed by atoms with van der Waals surface area (Å²) in [5.41, 5.74) is 8.73. The Morgan fingerprint density at radius 1 is 1.54 bits per heavy atom. The number of aromatic nitrogens is 3. The number of nitrogens with one attached hydrogen (secondary N) is 2. The summed E-state index contributed by atoms with van der Waals surface area (Å²) in [6.45, 7) is 3.42. The highest BCUT2D eigenvalue weighted by molar-refractivity contribution is 9.10. The molecule has 26 heavy (non-hydrogen) atoms. The van der Waals surface area contributed by atoms with Crippen molar-refractivity contribution >= 4 is 44.2 Å². The molecule has 0 radical (unpaired) electrons. The average Bonchev–Trinajstić information content (AvgIpc) is 3.22. The molecule has 8 nitrogen and oxygen atoms in total. The predicted molar refractivity (Wildman–Crippen MR) is 102 cm³/mol. The van der Waals surface area contributed by atoms with Crippen molar-refractivity contribution < 1.29 is 9.32 Å². The number of pyridine rings is 1. The van der Waals surface area contributed by atoms with Gasteiger partial charge in [0.25, 0.3) is 5.91 Å². The molecule has 0 spiro atoms. The van der Waals surface area contributed by atoms with Crippen molar-refractivity contribution in [3.8, 4) is 0 Å². The van der Waals surface area contributed by atoms with E-state index in [2.05, 4.69) is 41.3 Å². The van der Waals surface area contributed by atoms with Gasteiger partial charge in [-0.25, -0.2) is 4.98 Å². The number of amides is 1. The Balaban J connectivity index is 1.74. The van der Waals surface area contributed by atoms with Gasteiger partial charge >= 0.3 is 0 Å². The molecule has 3 aromatic rings. The van der Waals surface area contributed by atoms with Crippen molar-refractivity contribution in [2.75, 3.05) is 23.3 Å². The Kier molecular flexibility index (Phi) is 4.41. The molecule has 0 bridgehead atoms. The fourth-order valence-corrected chi connectivity index (χ4v) is 3.89. The van der Waals surface area contributed by atoms with Crippen LogP contribution in [0, 0.1) is 6.92 Å². The first-order valence-electron chi connectivity index (χ1n) is 8.43. The van der Waals surface area contributed by atoms with Gasteiger partial charge in [0.15, 0.2) is 5.69 Å². The number of anilines is 2. The molecule has 9 heteroatoms. The van der Waals surface area contributed by atoms with Gasteiger partial charge in [0, 0.05) is 37.6 Å². The van der Waals surface area contributed by atoms with Gasteiger partial charge in [0.05, 0.1) is 21.2 Å². The number of rotatable bonds is 3. The molecule has 0 aromatic carbocycles. The van der Waals surface area contributed by atoms with Gasteiger partial charge in [-0.15, -0.1) is 0 Å². The SMILES string of the molecule is Cc1cc(C(=O)Nc2c[nH]c3ncc(Br)c(N4CCCC(N)C4)c23)no1. The van der Waals surface area contributed by atoms with E-state index in [0.29, 0.717) is 17.1 Å². The summed E-state index contributed by atoms with van der Waals surface area (Å²) >= 11 is 3.61. The second-order valence-corrected chi connectivity index (χ2v) is 7.36. The maximum atomic E-state index is 12.5. The first-order valence-corrected chi connectivity index (χ1v) is 9.23. The molecule has 3 aromatic heterocycles. The minimum absolute atomic E-state index is 0.133. The number of halogens is 1. The molecular formula is C17H19BrN6O2. The average molecular weight is 419 g/mol. The second-order valence-electron chi connectivity index (χ2n) is 6.51. The van der Waals surface area contributed by atoms with E-state index in [1.165, 1.54) is 0 Å². The Bertz CT molecular complexity index is 965. The lowest BCUT2D eigenvalue weighted by Crippen LogP contribution is -2.43. The van der Waals surface area contributed by atoms with E-state index in [1.54, 1.807) is 25.4 Å². The molecule has 1 unspecified atom stereocenters. The Morgan fingerprint density at radius 2 is 2.38 bits per heavy atom. The van der Waals surface area contributed by atoms with E-state index in [-0.39, 0.29) is 17.6 Å². The third kappa shape index (κ3) is 3.08. The van der Waals surface area contributed by atoms with Crippen LogP contribution in [-0.4, -0.2) is 40.2 Å². The first-order chi connectivity index (χ1) is 12.5. The first kappa shape index (κ1) is 17.0. The van der Waals surface area contributed by atoms with Crippen molar-refractivity contribution in [3.05, 3.63) is 34.4 Å². The lowest BCUT2D eigenvalue weighted by Gasteiger charge is -2.33. The second kappa shape index (κ2) is 6.73. The van der Waals surface area contributed by atoms with E-state index in [9.17, 15) is 4.79 Å². The molecule has 1 fully saturated rings. The van der Waals surface area contributed by atoms with E-state index in [1.807, 2.05) is 0 Å². The molecule has 136 valence electrons. The maximum absolute atomic E-state index is 12.5. The monoisotopic (exact) mass is 418 g/mol. The standard InChI is InChI=1S/C17H19BrN6O2/c1-9-5-12(23-26-9)17(25)22-13-7-21-16-14(13)15(11(18)6-20-16)24-4-2-3-10(19)8-24/h5-7,10H,2-4,8,19H2,1H3,(H,20,21)(H,22,25). The largest absolute Gasteiger partial charge is 0.368 e. The summed E-state index contributed by atoms with van der Waals surface area (Å²) in [6.07, 6.45) is 5.55. The zero-order valence-corrected chi connectivity index (χ0v) is 15.8. The number of nitrogens with zero attached hydrogens (tertiary/aromatic N) is 3. The van der Waals surface area contributed by atoms with Crippen molar-refractivity contribution in [1.29, 1.82) is 0 Å². The zero-order valence-electron chi connectivity index (χ0n) is 14.3. The molecule has 1 aliphatic heterocycles. The van der Waals surface area contributed by atoms with Gasteiger partial charge in [-0.1, -0.05) is 5.16 Å². The van der Waals surface area contributed by atoms with Crippen LogP contribution in [-0.2, 0) is 0 Å². The lowest BCUT2D eigenvalue weighted by atomic mass is 10.1. The number of hydrogen-bond donors (Lipinski definition) is 3. The molecule has 0 saturated carbocycles. The summed E-state index contributed by atoms with van der Waals surface area (Å²) in [6, 6.07) is 1.73. The number of hydrogen-bond acceptors (Lipinski definition) is 6. The molecule has 4 heterocycles. The van der Waals surface area contributed by atoms with Crippen LogP contribution in [0.4, 0.5) is 11.4 Å². The summed E-state index contributed by atoms with van der Waals surface area (Å²) in [4.78, 5) is 22.3. The van der Waals surface area contributed by atoms with Gasteiger partial charge in [-0.2, -0.15) is 0 Å². The van der Waals surface area contributed by atoms with Crippen LogP contribution in [0.2, 0.25) is 0 Å². The van der Waals surface area contributed by atoms with Gasteiger partial charge in [0.1, 0.15) is 11.4 Å². The Hall–Kier alpha value is -2.39. The van der Waals surface area contributed by atoms with Gasteiger partial charge in [-0.05, 0) is 35.7 Å². The number of nitrogens with two attached hydrogens (primary N) is 1. The third-order valence-electron chi connectivity index (χ3n) is 4.51. The van der Waals surface area contributed by atoms with E-state index in [0.717, 1.165) is 41.5 Å². The number of carbonyl (C=O) groups excluding carboxylic acids is 1. The molecule has 4 rings (SSSR count). The summed E-state index contributed by atoms with van der Waals surface area (Å²) < 4.78 is 5.85. The third-order valence-corrected chi connectivity index (χ3v) is 5.09. The fraction of sp³-hybridized carbons (Fsp3) is 0.353.